The lowest BCUT2D eigenvalue weighted by molar-refractivity contribution is -0.137. The summed E-state index contributed by atoms with van der Waals surface area (Å²) in [5.74, 6) is 1.32. The molecule has 4 heteroatoms. The molecule has 0 aromatic heterocycles. The molecule has 0 spiro atoms. The first-order valence-electron chi connectivity index (χ1n) is 10.3. The molecule has 0 bridgehead atoms. The SMILES string of the molecule is CN(Cc1ccccc1)C(=O)CCC1CCN(C(=O)[C@H]2CC=CCC2)CC1. The predicted molar refractivity (Wildman–Crippen MR) is 108 cm³/mol. The van der Waals surface area contributed by atoms with Gasteiger partial charge in [-0.2, -0.15) is 0 Å². The maximum absolute atomic E-state index is 12.6. The molecule has 0 N–H and O–H groups in total. The molecule has 0 saturated carbocycles. The van der Waals surface area contributed by atoms with Crippen molar-refractivity contribution in [1.29, 1.82) is 0 Å². The molecule has 1 aromatic carbocycles. The Kier molecular flexibility index (Phi) is 7.08. The third-order valence-corrected chi connectivity index (χ3v) is 6.00. The molecular formula is C23H32N2O2. The first-order chi connectivity index (χ1) is 13.1. The van der Waals surface area contributed by atoms with Crippen LogP contribution in [-0.4, -0.2) is 41.8 Å². The maximum atomic E-state index is 12.6. The number of carbonyl (C=O) groups excluding carboxylic acids is 2. The minimum atomic E-state index is 0.194. The molecule has 1 aliphatic heterocycles. The van der Waals surface area contributed by atoms with Gasteiger partial charge in [0.2, 0.25) is 11.8 Å². The molecule has 0 unspecified atom stereocenters. The zero-order chi connectivity index (χ0) is 19.1. The van der Waals surface area contributed by atoms with Crippen molar-refractivity contribution in [3.05, 3.63) is 48.0 Å². The van der Waals surface area contributed by atoms with Gasteiger partial charge in [-0.25, -0.2) is 0 Å². The summed E-state index contributed by atoms with van der Waals surface area (Å²) in [4.78, 5) is 28.9. The molecule has 1 heterocycles. The van der Waals surface area contributed by atoms with Gasteiger partial charge < -0.3 is 9.80 Å². The second-order valence-corrected chi connectivity index (χ2v) is 8.02. The normalized spacial score (nSPS) is 20.5. The molecule has 1 aliphatic carbocycles. The topological polar surface area (TPSA) is 40.6 Å². The molecular weight excluding hydrogens is 336 g/mol. The van der Waals surface area contributed by atoms with E-state index in [-0.39, 0.29) is 11.8 Å². The molecule has 3 rings (SSSR count). The molecule has 4 nitrogen and oxygen atoms in total. The van der Waals surface area contributed by atoms with Crippen molar-refractivity contribution in [2.45, 2.75) is 51.5 Å². The number of rotatable bonds is 6. The molecule has 1 aromatic rings. The highest BCUT2D eigenvalue weighted by Gasteiger charge is 2.28. The Labute approximate surface area is 163 Å². The van der Waals surface area contributed by atoms with Gasteiger partial charge in [0.05, 0.1) is 0 Å². The standard InChI is InChI=1S/C23H32N2O2/c1-24(18-20-8-4-2-5-9-20)22(26)13-12-19-14-16-25(17-15-19)23(27)21-10-6-3-7-11-21/h2-6,8-9,19,21H,7,10-18H2,1H3/t21-/m0/s1. The summed E-state index contributed by atoms with van der Waals surface area (Å²) >= 11 is 0. The van der Waals surface area contributed by atoms with Crippen LogP contribution in [0.1, 0.15) is 50.5 Å². The highest BCUT2D eigenvalue weighted by molar-refractivity contribution is 5.79. The summed E-state index contributed by atoms with van der Waals surface area (Å²) in [6, 6.07) is 10.1. The fourth-order valence-corrected chi connectivity index (χ4v) is 4.18. The molecule has 27 heavy (non-hydrogen) atoms. The Morgan fingerprint density at radius 1 is 1.07 bits per heavy atom. The average Bonchev–Trinajstić information content (AvgIpc) is 2.73. The summed E-state index contributed by atoms with van der Waals surface area (Å²) in [7, 11) is 1.88. The van der Waals surface area contributed by atoms with E-state index in [1.165, 1.54) is 0 Å². The number of hydrogen-bond acceptors (Lipinski definition) is 2. The number of carbonyl (C=O) groups is 2. The number of nitrogens with zero attached hydrogens (tertiary/aromatic N) is 2. The molecule has 1 saturated heterocycles. The summed E-state index contributed by atoms with van der Waals surface area (Å²) in [5, 5.41) is 0. The smallest absolute Gasteiger partial charge is 0.226 e. The maximum Gasteiger partial charge on any atom is 0.226 e. The third kappa shape index (κ3) is 5.69. The summed E-state index contributed by atoms with van der Waals surface area (Å²) < 4.78 is 0. The van der Waals surface area contributed by atoms with E-state index >= 15 is 0 Å². The van der Waals surface area contributed by atoms with Crippen molar-refractivity contribution in [3.8, 4) is 0 Å². The van der Waals surface area contributed by atoms with Crippen molar-refractivity contribution in [2.75, 3.05) is 20.1 Å². The number of piperidine rings is 1. The minimum Gasteiger partial charge on any atom is -0.342 e. The highest BCUT2D eigenvalue weighted by Crippen LogP contribution is 2.26. The van der Waals surface area contributed by atoms with E-state index in [9.17, 15) is 9.59 Å². The van der Waals surface area contributed by atoms with Crippen LogP contribution in [0.5, 0.6) is 0 Å². The van der Waals surface area contributed by atoms with Gasteiger partial charge in [-0.1, -0.05) is 42.5 Å². The van der Waals surface area contributed by atoms with Crippen molar-refractivity contribution >= 4 is 11.8 Å². The Morgan fingerprint density at radius 2 is 1.81 bits per heavy atom. The van der Waals surface area contributed by atoms with Crippen LogP contribution in [0.15, 0.2) is 42.5 Å². The lowest BCUT2D eigenvalue weighted by Gasteiger charge is -2.34. The lowest BCUT2D eigenvalue weighted by Crippen LogP contribution is -2.42. The Bertz CT molecular complexity index is 648. The second-order valence-electron chi connectivity index (χ2n) is 8.02. The van der Waals surface area contributed by atoms with Crippen LogP contribution in [0, 0.1) is 11.8 Å². The molecule has 146 valence electrons. The largest absolute Gasteiger partial charge is 0.342 e. The van der Waals surface area contributed by atoms with E-state index < -0.39 is 0 Å². The van der Waals surface area contributed by atoms with Crippen LogP contribution in [-0.2, 0) is 16.1 Å². The zero-order valence-corrected chi connectivity index (χ0v) is 16.5. The van der Waals surface area contributed by atoms with Gasteiger partial charge in [0, 0.05) is 39.0 Å². The van der Waals surface area contributed by atoms with Gasteiger partial charge in [-0.15, -0.1) is 0 Å². The first-order valence-corrected chi connectivity index (χ1v) is 10.3. The average molecular weight is 369 g/mol. The van der Waals surface area contributed by atoms with Crippen LogP contribution >= 0.6 is 0 Å². The van der Waals surface area contributed by atoms with Crippen LogP contribution in [0.4, 0.5) is 0 Å². The summed E-state index contributed by atoms with van der Waals surface area (Å²) in [5.41, 5.74) is 1.16. The number of hydrogen-bond donors (Lipinski definition) is 0. The molecule has 0 radical (unpaired) electrons. The number of amides is 2. The second kappa shape index (κ2) is 9.72. The van der Waals surface area contributed by atoms with Crippen LogP contribution < -0.4 is 0 Å². The van der Waals surface area contributed by atoms with Gasteiger partial charge in [-0.05, 0) is 50.0 Å². The van der Waals surface area contributed by atoms with E-state index in [1.54, 1.807) is 0 Å². The van der Waals surface area contributed by atoms with E-state index in [1.807, 2.05) is 30.1 Å². The summed E-state index contributed by atoms with van der Waals surface area (Å²) in [6.07, 6.45) is 10.9. The number of likely N-dealkylation sites (tertiary alicyclic amines) is 1. The Hall–Kier alpha value is -2.10. The van der Waals surface area contributed by atoms with Crippen molar-refractivity contribution in [3.63, 3.8) is 0 Å². The van der Waals surface area contributed by atoms with Gasteiger partial charge in [0.15, 0.2) is 0 Å². The predicted octanol–water partition coefficient (Wildman–Crippen LogP) is 4.02. The van der Waals surface area contributed by atoms with Crippen LogP contribution in [0.3, 0.4) is 0 Å². The van der Waals surface area contributed by atoms with Crippen molar-refractivity contribution in [2.24, 2.45) is 11.8 Å². The molecule has 1 atom stereocenters. The lowest BCUT2D eigenvalue weighted by atomic mass is 9.89. The first kappa shape index (κ1) is 19.7. The van der Waals surface area contributed by atoms with Crippen molar-refractivity contribution in [1.82, 2.24) is 9.80 Å². The summed E-state index contributed by atoms with van der Waals surface area (Å²) in [6.45, 7) is 2.39. The number of allylic oxidation sites excluding steroid dienone is 2. The Balaban J connectivity index is 1.37. The monoisotopic (exact) mass is 368 g/mol. The van der Waals surface area contributed by atoms with E-state index in [0.717, 1.165) is 57.2 Å². The zero-order valence-electron chi connectivity index (χ0n) is 16.5. The molecule has 2 amide bonds. The van der Waals surface area contributed by atoms with E-state index in [0.29, 0.717) is 24.8 Å². The fraction of sp³-hybridized carbons (Fsp3) is 0.565. The van der Waals surface area contributed by atoms with E-state index in [4.69, 9.17) is 0 Å². The fourth-order valence-electron chi connectivity index (χ4n) is 4.18. The highest BCUT2D eigenvalue weighted by atomic mass is 16.2. The molecule has 2 aliphatic rings. The minimum absolute atomic E-state index is 0.194. The van der Waals surface area contributed by atoms with E-state index in [2.05, 4.69) is 29.2 Å². The van der Waals surface area contributed by atoms with Crippen molar-refractivity contribution < 1.29 is 9.59 Å². The quantitative estimate of drug-likeness (QED) is 0.712. The molecule has 1 fully saturated rings. The van der Waals surface area contributed by atoms with Gasteiger partial charge in [0.25, 0.3) is 0 Å². The third-order valence-electron chi connectivity index (χ3n) is 6.00. The van der Waals surface area contributed by atoms with Crippen LogP contribution in [0.25, 0.3) is 0 Å². The van der Waals surface area contributed by atoms with Crippen LogP contribution in [0.2, 0.25) is 0 Å². The number of benzene rings is 1. The van der Waals surface area contributed by atoms with Gasteiger partial charge >= 0.3 is 0 Å². The van der Waals surface area contributed by atoms with Gasteiger partial charge in [-0.3, -0.25) is 9.59 Å². The van der Waals surface area contributed by atoms with Gasteiger partial charge in [0.1, 0.15) is 0 Å². The Morgan fingerprint density at radius 3 is 2.48 bits per heavy atom.